The monoisotopic (exact) mass is 942 g/mol. The fourth-order valence-corrected chi connectivity index (χ4v) is 8.06. The average molecular weight is 942 g/mol. The van der Waals surface area contributed by atoms with Gasteiger partial charge in [-0.15, -0.1) is 0 Å². The number of benzene rings is 2. The summed E-state index contributed by atoms with van der Waals surface area (Å²) in [6.45, 7) is 4.59. The Bertz CT molecular complexity index is 2280. The smallest absolute Gasteiger partial charge is 0.243 e. The summed E-state index contributed by atoms with van der Waals surface area (Å²) in [6, 6.07) is 10.4. The van der Waals surface area contributed by atoms with E-state index in [-0.39, 0.29) is 76.8 Å². The molecule has 7 atom stereocenters. The van der Waals surface area contributed by atoms with Gasteiger partial charge in [-0.1, -0.05) is 68.3 Å². The highest BCUT2D eigenvalue weighted by Gasteiger charge is 2.34. The fourth-order valence-electron chi connectivity index (χ4n) is 8.06. The van der Waals surface area contributed by atoms with Gasteiger partial charge in [0, 0.05) is 74.6 Å². The highest BCUT2D eigenvalue weighted by atomic mass is 16.2. The van der Waals surface area contributed by atoms with E-state index in [2.05, 4.69) is 41.9 Å². The van der Waals surface area contributed by atoms with Gasteiger partial charge in [-0.05, 0) is 62.6 Å². The summed E-state index contributed by atoms with van der Waals surface area (Å²) in [5.74, 6) is -7.94. The van der Waals surface area contributed by atoms with Gasteiger partial charge in [-0.3, -0.25) is 48.1 Å². The number of unbranched alkanes of at least 4 members (excludes halogenated alkanes) is 1. The van der Waals surface area contributed by atoms with E-state index >= 15 is 0 Å². The van der Waals surface area contributed by atoms with Gasteiger partial charge in [-0.25, -0.2) is 0 Å². The maximum atomic E-state index is 14.4. The number of nitrogens with zero attached hydrogens (tertiary/aromatic N) is 1. The molecule has 0 unspecified atom stereocenters. The molecule has 0 aliphatic carbocycles. The van der Waals surface area contributed by atoms with Crippen LogP contribution in [0.3, 0.4) is 0 Å². The number of carbonyl (C=O) groups is 9. The number of fused-ring (bicyclic) bond motifs is 1. The molecule has 4 rings (SSSR count). The van der Waals surface area contributed by atoms with Crippen molar-refractivity contribution >= 4 is 69.8 Å². The number of nitrogens with one attached hydrogen (secondary N) is 7. The zero-order valence-corrected chi connectivity index (χ0v) is 39.1. The Morgan fingerprint density at radius 2 is 1.56 bits per heavy atom. The molecule has 3 aromatic rings. The molecule has 13 N–H and O–H groups in total. The Hall–Kier alpha value is -7.12. The minimum atomic E-state index is -1.34. The summed E-state index contributed by atoms with van der Waals surface area (Å²) in [7, 11) is 0. The van der Waals surface area contributed by atoms with Gasteiger partial charge < -0.3 is 54.1 Å². The number of ketones is 2. The van der Waals surface area contributed by atoms with E-state index in [9.17, 15) is 43.2 Å². The average Bonchev–Trinajstić information content (AvgIpc) is 3.71. The van der Waals surface area contributed by atoms with Crippen LogP contribution in [0.4, 0.5) is 0 Å². The minimum absolute atomic E-state index is 0.0334. The maximum absolute atomic E-state index is 14.4. The number of primary amides is 1. The van der Waals surface area contributed by atoms with Crippen LogP contribution in [0.2, 0.25) is 0 Å². The number of Topliss-reactive ketones (excluding diaryl/α,β-unsaturated/α-hetero) is 2. The third-order valence-electron chi connectivity index (χ3n) is 11.9. The summed E-state index contributed by atoms with van der Waals surface area (Å²) in [6.07, 6.45) is 2.43. The summed E-state index contributed by atoms with van der Waals surface area (Å²) >= 11 is 0. The molecule has 0 saturated carbocycles. The summed E-state index contributed by atoms with van der Waals surface area (Å²) < 4.78 is 0. The quantitative estimate of drug-likeness (QED) is 0.0508. The van der Waals surface area contributed by atoms with Crippen molar-refractivity contribution in [1.29, 1.82) is 0 Å². The van der Waals surface area contributed by atoms with Gasteiger partial charge in [0.2, 0.25) is 41.4 Å². The molecule has 1 fully saturated rings. The molecule has 20 heteroatoms. The van der Waals surface area contributed by atoms with Crippen molar-refractivity contribution in [2.24, 2.45) is 34.0 Å². The lowest BCUT2D eigenvalue weighted by Gasteiger charge is -2.26. The molecule has 2 aromatic carbocycles. The second-order valence-electron chi connectivity index (χ2n) is 17.3. The summed E-state index contributed by atoms with van der Waals surface area (Å²) in [4.78, 5) is 130. The highest BCUT2D eigenvalue weighted by Crippen LogP contribution is 2.24. The number of aromatic amines is 1. The molecule has 0 spiro atoms. The van der Waals surface area contributed by atoms with Crippen molar-refractivity contribution in [3.05, 3.63) is 71.9 Å². The molecule has 1 aliphatic rings. The van der Waals surface area contributed by atoms with Crippen molar-refractivity contribution in [2.75, 3.05) is 13.1 Å². The normalized spacial score (nSPS) is 21.0. The lowest BCUT2D eigenvalue weighted by atomic mass is 9.84. The number of hydrogen-bond acceptors (Lipinski definition) is 10. The molecule has 1 aliphatic heterocycles. The van der Waals surface area contributed by atoms with Crippen molar-refractivity contribution in [2.45, 2.75) is 128 Å². The molecule has 0 bridgehead atoms. The number of guanidine groups is 1. The van der Waals surface area contributed by atoms with Crippen molar-refractivity contribution in [3.63, 3.8) is 0 Å². The van der Waals surface area contributed by atoms with Crippen LogP contribution >= 0.6 is 0 Å². The van der Waals surface area contributed by atoms with E-state index in [1.54, 1.807) is 36.5 Å². The molecule has 1 saturated heterocycles. The third-order valence-corrected chi connectivity index (χ3v) is 11.9. The highest BCUT2D eigenvalue weighted by molar-refractivity contribution is 5.98. The number of para-hydroxylation sites is 1. The van der Waals surface area contributed by atoms with Gasteiger partial charge >= 0.3 is 0 Å². The molecule has 0 radical (unpaired) electrons. The summed E-state index contributed by atoms with van der Waals surface area (Å²) in [5, 5.41) is 16.9. The van der Waals surface area contributed by atoms with E-state index in [1.807, 2.05) is 31.2 Å². The topological polar surface area (TPSA) is 332 Å². The zero-order chi connectivity index (χ0) is 49.8. The lowest BCUT2D eigenvalue weighted by molar-refractivity contribution is -0.135. The first-order valence-electron chi connectivity index (χ1n) is 23.2. The Balaban J connectivity index is 1.69. The molecule has 7 amide bonds. The second kappa shape index (κ2) is 26.9. The number of amides is 7. The first kappa shape index (κ1) is 53.5. The molecule has 20 nitrogen and oxygen atoms in total. The van der Waals surface area contributed by atoms with Crippen LogP contribution in [0.15, 0.2) is 65.8 Å². The van der Waals surface area contributed by atoms with Gasteiger partial charge in [0.25, 0.3) is 0 Å². The summed E-state index contributed by atoms with van der Waals surface area (Å²) in [5.41, 5.74) is 19.1. The van der Waals surface area contributed by atoms with Crippen LogP contribution in [0.25, 0.3) is 10.9 Å². The third kappa shape index (κ3) is 17.3. The number of aromatic nitrogens is 1. The van der Waals surface area contributed by atoms with Gasteiger partial charge in [0.05, 0.1) is 6.04 Å². The second-order valence-corrected chi connectivity index (χ2v) is 17.3. The van der Waals surface area contributed by atoms with Gasteiger partial charge in [0.15, 0.2) is 11.7 Å². The zero-order valence-electron chi connectivity index (χ0n) is 39.1. The van der Waals surface area contributed by atoms with Crippen LogP contribution in [0.1, 0.15) is 96.1 Å². The van der Waals surface area contributed by atoms with Crippen molar-refractivity contribution in [1.82, 2.24) is 36.9 Å². The number of carbonyl (C=O) groups excluding carboxylic acids is 9. The predicted octanol–water partition coefficient (Wildman–Crippen LogP) is 0.597. The lowest BCUT2D eigenvalue weighted by Crippen LogP contribution is -2.57. The number of hydrogen-bond donors (Lipinski definition) is 10. The predicted molar refractivity (Wildman–Crippen MR) is 255 cm³/mol. The van der Waals surface area contributed by atoms with Crippen LogP contribution in [0, 0.1) is 11.8 Å². The van der Waals surface area contributed by atoms with Crippen LogP contribution < -0.4 is 49.1 Å². The fraction of sp³-hybridized carbons (Fsp3) is 0.500. The van der Waals surface area contributed by atoms with Crippen molar-refractivity contribution < 1.29 is 43.2 Å². The Kier molecular flexibility index (Phi) is 21.1. The Morgan fingerprint density at radius 3 is 2.25 bits per heavy atom. The molecular formula is C48H67N11O9. The van der Waals surface area contributed by atoms with E-state index < -0.39 is 101 Å². The van der Waals surface area contributed by atoms with E-state index in [1.165, 1.54) is 13.8 Å². The SMILES string of the molecule is CCCC[C@H](NC(C)=O)C(=O)N[C@H]1CCC(=O)NCC[C@@H](C(=O)N[C@@H](Cc2c[nH]c3ccccc23)C(N)=O)CC(=O)[C@H](CCCN=C(N)N)CC(=O)[C@@H](Cc2ccccc2)NC(=O)[C@H](C)NC1=O. The van der Waals surface area contributed by atoms with Crippen molar-refractivity contribution in [3.8, 4) is 0 Å². The maximum Gasteiger partial charge on any atom is 0.243 e. The Labute approximate surface area is 395 Å². The first-order chi connectivity index (χ1) is 32.4. The van der Waals surface area contributed by atoms with Crippen LogP contribution in [-0.4, -0.2) is 107 Å². The molecule has 68 heavy (non-hydrogen) atoms. The molecular weight excluding hydrogens is 875 g/mol. The first-order valence-corrected chi connectivity index (χ1v) is 23.2. The Morgan fingerprint density at radius 1 is 0.838 bits per heavy atom. The number of aliphatic imine (C=N–C) groups is 1. The molecule has 1 aromatic heterocycles. The largest absolute Gasteiger partial charge is 0.370 e. The number of nitrogens with two attached hydrogens (primary N) is 3. The van der Waals surface area contributed by atoms with E-state index in [0.717, 1.165) is 17.3 Å². The van der Waals surface area contributed by atoms with E-state index in [4.69, 9.17) is 17.2 Å². The van der Waals surface area contributed by atoms with Gasteiger partial charge in [0.1, 0.15) is 30.0 Å². The standard InChI is InChI=1S/C48H67N11O9/c1-4-5-16-36(56-29(3)60)47(68)57-37-18-19-42(63)52-22-20-32(45(66)59-39(43(49)64)24-33-27-54-35-17-10-9-15-34(33)35)26-40(61)31(14-11-21-53-48(50)51)25-41(62)38(23-30-12-7-6-8-13-30)58-44(65)28(2)55-46(37)67/h6-10,12-13,15,17,27-28,31-32,36-39,54H,4-5,11,14,16,18-26H2,1-3H3,(H2,49,64)(H,52,63)(H,55,67)(H,56,60)(H,57,68)(H,58,65)(H,59,66)(H4,50,51,53)/t28-,31+,32+,36-,37-,38+,39-/m0/s1. The molecule has 2 heterocycles. The van der Waals surface area contributed by atoms with E-state index in [0.29, 0.717) is 17.5 Å². The van der Waals surface area contributed by atoms with Crippen LogP contribution in [-0.2, 0) is 56.0 Å². The number of H-pyrrole nitrogens is 1. The van der Waals surface area contributed by atoms with Gasteiger partial charge in [-0.2, -0.15) is 0 Å². The minimum Gasteiger partial charge on any atom is -0.370 e. The van der Waals surface area contributed by atoms with Crippen LogP contribution in [0.5, 0.6) is 0 Å². The molecule has 368 valence electrons. The number of rotatable bonds is 17.